The van der Waals surface area contributed by atoms with Gasteiger partial charge in [-0.1, -0.05) is 5.21 Å². The minimum absolute atomic E-state index is 0.0831. The summed E-state index contributed by atoms with van der Waals surface area (Å²) >= 11 is 0. The van der Waals surface area contributed by atoms with Crippen LogP contribution in [0.15, 0.2) is 6.20 Å². The van der Waals surface area contributed by atoms with E-state index in [9.17, 15) is 23.1 Å². The van der Waals surface area contributed by atoms with Crippen molar-refractivity contribution < 1.29 is 23.1 Å². The second kappa shape index (κ2) is 8.47. The lowest BCUT2D eigenvalue weighted by atomic mass is 9.89. The van der Waals surface area contributed by atoms with Crippen LogP contribution in [0.4, 0.5) is 0 Å². The second-order valence-corrected chi connectivity index (χ2v) is 10.8. The number of carbonyl (C=O) groups is 2. The van der Waals surface area contributed by atoms with E-state index in [0.717, 1.165) is 18.5 Å². The fraction of sp³-hybridized carbons (Fsp3) is 0.789. The average Bonchev–Trinajstić information content (AvgIpc) is 3.34. The van der Waals surface area contributed by atoms with Crippen molar-refractivity contribution in [3.8, 4) is 0 Å². The van der Waals surface area contributed by atoms with Gasteiger partial charge in [-0.05, 0) is 31.6 Å². The van der Waals surface area contributed by atoms with Gasteiger partial charge < -0.3 is 15.3 Å². The van der Waals surface area contributed by atoms with Crippen LogP contribution < -0.4 is 5.32 Å². The van der Waals surface area contributed by atoms with Gasteiger partial charge in [0, 0.05) is 45.2 Å². The number of β-amino-alcohol motifs (C(OH)–C–C–N with tert-alkyl or cyclic N) is 1. The summed E-state index contributed by atoms with van der Waals surface area (Å²) in [6.45, 7) is 0.748. The van der Waals surface area contributed by atoms with Crippen molar-refractivity contribution in [3.63, 3.8) is 0 Å². The fourth-order valence-corrected chi connectivity index (χ4v) is 5.56. The van der Waals surface area contributed by atoms with E-state index in [1.165, 1.54) is 22.5 Å². The number of nitrogens with zero attached hydrogens (tertiary/aromatic N) is 5. The molecule has 0 bridgehead atoms. The van der Waals surface area contributed by atoms with E-state index in [-0.39, 0.29) is 30.7 Å². The minimum Gasteiger partial charge on any atom is -0.391 e. The maximum absolute atomic E-state index is 13.7. The first-order chi connectivity index (χ1) is 14.7. The molecule has 3 atom stereocenters. The highest BCUT2D eigenvalue weighted by molar-refractivity contribution is 7.88. The molecule has 2 saturated heterocycles. The third-order valence-electron chi connectivity index (χ3n) is 6.59. The number of nitrogens with one attached hydrogen (secondary N) is 1. The summed E-state index contributed by atoms with van der Waals surface area (Å²) < 4.78 is 26.8. The molecule has 3 fully saturated rings. The first-order valence-electron chi connectivity index (χ1n) is 10.8. The van der Waals surface area contributed by atoms with Crippen LogP contribution in [0.2, 0.25) is 0 Å². The topological polar surface area (TPSA) is 138 Å². The molecule has 2 N–H and O–H groups in total. The quantitative estimate of drug-likeness (QED) is 0.567. The van der Waals surface area contributed by atoms with Gasteiger partial charge in [0.25, 0.3) is 0 Å². The van der Waals surface area contributed by atoms with E-state index in [0.29, 0.717) is 31.8 Å². The molecule has 1 aromatic heterocycles. The predicted molar refractivity (Wildman–Crippen MR) is 110 cm³/mol. The third-order valence-corrected chi connectivity index (χ3v) is 7.89. The molecule has 2 amide bonds. The van der Waals surface area contributed by atoms with Gasteiger partial charge in [-0.2, -0.15) is 0 Å². The van der Waals surface area contributed by atoms with Crippen LogP contribution >= 0.6 is 0 Å². The van der Waals surface area contributed by atoms with Crippen LogP contribution in [0.1, 0.15) is 49.8 Å². The number of hydrogen-bond acceptors (Lipinski definition) is 7. The summed E-state index contributed by atoms with van der Waals surface area (Å²) in [5.74, 6) is -0.367. The summed E-state index contributed by atoms with van der Waals surface area (Å²) in [5.41, 5.74) is 0.857. The maximum Gasteiger partial charge on any atom is 0.248 e. The fourth-order valence-electron chi connectivity index (χ4n) is 4.69. The number of sulfonamides is 1. The van der Waals surface area contributed by atoms with Crippen LogP contribution in [-0.2, 0) is 19.6 Å². The van der Waals surface area contributed by atoms with Crippen molar-refractivity contribution in [1.29, 1.82) is 0 Å². The number of aliphatic hydroxyl groups excluding tert-OH is 1. The number of aromatic nitrogens is 3. The van der Waals surface area contributed by atoms with E-state index >= 15 is 0 Å². The number of amides is 2. The van der Waals surface area contributed by atoms with Gasteiger partial charge in [0.2, 0.25) is 21.8 Å². The van der Waals surface area contributed by atoms with Crippen LogP contribution in [0.3, 0.4) is 0 Å². The number of rotatable bonds is 6. The van der Waals surface area contributed by atoms with Crippen molar-refractivity contribution in [2.24, 2.45) is 5.92 Å². The van der Waals surface area contributed by atoms with Gasteiger partial charge in [0.1, 0.15) is 12.1 Å². The first kappa shape index (κ1) is 22.2. The van der Waals surface area contributed by atoms with Crippen molar-refractivity contribution in [3.05, 3.63) is 11.9 Å². The molecule has 0 aromatic carbocycles. The van der Waals surface area contributed by atoms with E-state index in [1.807, 2.05) is 6.20 Å². The van der Waals surface area contributed by atoms with Crippen LogP contribution in [0.25, 0.3) is 0 Å². The predicted octanol–water partition coefficient (Wildman–Crippen LogP) is -0.924. The molecule has 172 valence electrons. The lowest BCUT2D eigenvalue weighted by Crippen LogP contribution is -2.50. The van der Waals surface area contributed by atoms with Crippen LogP contribution in [0, 0.1) is 5.92 Å². The lowest BCUT2D eigenvalue weighted by molar-refractivity contribution is -0.143. The number of carbonyl (C=O) groups excluding carboxylic acids is 2. The van der Waals surface area contributed by atoms with Crippen LogP contribution in [0.5, 0.6) is 0 Å². The van der Waals surface area contributed by atoms with Gasteiger partial charge in [-0.25, -0.2) is 17.4 Å². The highest BCUT2D eigenvalue weighted by atomic mass is 32.2. The molecule has 0 spiro atoms. The monoisotopic (exact) mass is 454 g/mol. The van der Waals surface area contributed by atoms with Gasteiger partial charge >= 0.3 is 0 Å². The Bertz CT molecular complexity index is 937. The molecule has 3 unspecified atom stereocenters. The highest BCUT2D eigenvalue weighted by Crippen LogP contribution is 2.40. The molecule has 3 heterocycles. The zero-order valence-electron chi connectivity index (χ0n) is 17.8. The van der Waals surface area contributed by atoms with Crippen LogP contribution in [-0.4, -0.2) is 94.6 Å². The Morgan fingerprint density at radius 2 is 1.90 bits per heavy atom. The third kappa shape index (κ3) is 4.60. The number of hydrogen-bond donors (Lipinski definition) is 2. The molecule has 0 radical (unpaired) electrons. The van der Waals surface area contributed by atoms with Crippen molar-refractivity contribution in [2.75, 3.05) is 32.9 Å². The molecule has 4 rings (SSSR count). The largest absolute Gasteiger partial charge is 0.391 e. The molecule has 3 aliphatic rings. The number of likely N-dealkylation sites (N-methyl/N-ethyl adjacent to an activating group) is 1. The van der Waals surface area contributed by atoms with Crippen molar-refractivity contribution in [1.82, 2.24) is 29.5 Å². The minimum atomic E-state index is -3.29. The Kier molecular flexibility index (Phi) is 6.05. The smallest absolute Gasteiger partial charge is 0.248 e. The zero-order valence-corrected chi connectivity index (χ0v) is 18.7. The van der Waals surface area contributed by atoms with E-state index in [2.05, 4.69) is 15.6 Å². The van der Waals surface area contributed by atoms with Crippen molar-refractivity contribution >= 4 is 21.8 Å². The van der Waals surface area contributed by atoms with Gasteiger partial charge in [0.15, 0.2) is 0 Å². The molecule has 11 nitrogen and oxygen atoms in total. The summed E-state index contributed by atoms with van der Waals surface area (Å²) in [7, 11) is -1.78. The Morgan fingerprint density at radius 1 is 1.23 bits per heavy atom. The molecule has 12 heteroatoms. The Morgan fingerprint density at radius 3 is 2.48 bits per heavy atom. The average molecular weight is 455 g/mol. The van der Waals surface area contributed by atoms with Gasteiger partial charge in [-0.15, -0.1) is 5.10 Å². The van der Waals surface area contributed by atoms with Gasteiger partial charge in [-0.3, -0.25) is 9.59 Å². The Hall–Kier alpha value is -2.05. The maximum atomic E-state index is 13.7. The van der Waals surface area contributed by atoms with Crippen molar-refractivity contribution in [2.45, 2.75) is 56.2 Å². The number of piperidine rings is 1. The molecule has 1 saturated carbocycles. The number of aliphatic hydroxyl groups is 1. The molecular formula is C19H30N6O5S. The normalized spacial score (nSPS) is 26.7. The zero-order chi connectivity index (χ0) is 22.3. The van der Waals surface area contributed by atoms with E-state index in [1.54, 1.807) is 4.68 Å². The van der Waals surface area contributed by atoms with E-state index < -0.39 is 28.2 Å². The standard InChI is InChI=1S/C19H30N6O5S/c1-20-18(27)16-9-14(26)10-24(16)19(28)17(25-11-15(21-22-25)12-3-4-12)13-5-7-23(8-6-13)31(2,29)30/h11-14,16-17,26H,3-10H2,1-2H3,(H,20,27). The first-order valence-corrected chi connectivity index (χ1v) is 12.6. The Balaban J connectivity index is 1.60. The lowest BCUT2D eigenvalue weighted by Gasteiger charge is -2.36. The second-order valence-electron chi connectivity index (χ2n) is 8.85. The number of likely N-dealkylation sites (tertiary alicyclic amines) is 1. The summed E-state index contributed by atoms with van der Waals surface area (Å²) in [4.78, 5) is 27.5. The van der Waals surface area contributed by atoms with Gasteiger partial charge in [0.05, 0.1) is 18.1 Å². The van der Waals surface area contributed by atoms with E-state index in [4.69, 9.17) is 0 Å². The molecule has 1 aromatic rings. The Labute approximate surface area is 181 Å². The molecular weight excluding hydrogens is 424 g/mol. The molecule has 2 aliphatic heterocycles. The highest BCUT2D eigenvalue weighted by Gasteiger charge is 2.45. The summed E-state index contributed by atoms with van der Waals surface area (Å²) in [5, 5.41) is 21.2. The summed E-state index contributed by atoms with van der Waals surface area (Å²) in [6.07, 6.45) is 5.54. The molecule has 1 aliphatic carbocycles. The molecule has 31 heavy (non-hydrogen) atoms. The summed E-state index contributed by atoms with van der Waals surface area (Å²) in [6, 6.07) is -1.43. The SMILES string of the molecule is CNC(=O)C1CC(O)CN1C(=O)C(C1CCN(S(C)(=O)=O)CC1)n1cc(C2CC2)nn1.